The summed E-state index contributed by atoms with van der Waals surface area (Å²) in [6.07, 6.45) is 3.18. The van der Waals surface area contributed by atoms with Crippen LogP contribution in [-0.4, -0.2) is 18.1 Å². The monoisotopic (exact) mass is 209 g/mol. The zero-order valence-electron chi connectivity index (χ0n) is 7.58. The van der Waals surface area contributed by atoms with E-state index in [4.69, 9.17) is 11.6 Å². The van der Waals surface area contributed by atoms with Crippen LogP contribution < -0.4 is 0 Å². The first-order valence-corrected chi connectivity index (χ1v) is 4.27. The van der Waals surface area contributed by atoms with Gasteiger partial charge in [0.15, 0.2) is 0 Å². The van der Waals surface area contributed by atoms with Gasteiger partial charge in [0.25, 0.3) is 0 Å². The van der Waals surface area contributed by atoms with Crippen molar-refractivity contribution in [2.24, 2.45) is 0 Å². The molecule has 1 aromatic rings. The quantitative estimate of drug-likeness (QED) is 0.522. The molecule has 0 saturated heterocycles. The van der Waals surface area contributed by atoms with Crippen molar-refractivity contribution in [3.05, 3.63) is 29.0 Å². The Morgan fingerprint density at radius 3 is 3.14 bits per heavy atom. The molecule has 0 aromatic carbocycles. The Morgan fingerprint density at radius 1 is 1.71 bits per heavy atom. The number of ether oxygens (including phenoxy) is 1. The van der Waals surface area contributed by atoms with Gasteiger partial charge in [-0.15, -0.1) is 0 Å². The molecule has 0 aliphatic rings. The zero-order valence-corrected chi connectivity index (χ0v) is 8.34. The molecule has 72 valence electrons. The van der Waals surface area contributed by atoms with Gasteiger partial charge in [0.05, 0.1) is 17.7 Å². The molecule has 0 saturated carbocycles. The lowest BCUT2D eigenvalue weighted by Gasteiger charge is -1.92. The molecule has 14 heavy (non-hydrogen) atoms. The highest BCUT2D eigenvalue weighted by molar-refractivity contribution is 6.31. The fraction of sp³-hybridized carbons (Fsp3) is 0.200. The summed E-state index contributed by atoms with van der Waals surface area (Å²) >= 11 is 5.81. The van der Waals surface area contributed by atoms with E-state index in [1.165, 1.54) is 7.11 Å². The summed E-state index contributed by atoms with van der Waals surface area (Å²) in [6.45, 7) is 0. The molecule has 0 bridgehead atoms. The minimum Gasteiger partial charge on any atom is -0.468 e. The van der Waals surface area contributed by atoms with Gasteiger partial charge in [-0.3, -0.25) is 9.78 Å². The van der Waals surface area contributed by atoms with Crippen molar-refractivity contribution in [1.29, 1.82) is 0 Å². The number of hydrogen-bond acceptors (Lipinski definition) is 3. The molecule has 0 spiro atoms. The predicted molar refractivity (Wildman–Crippen MR) is 52.8 cm³/mol. The second kappa shape index (κ2) is 5.25. The molecular formula is C10H8ClNO2. The maximum Gasteiger partial charge on any atom is 0.317 e. The van der Waals surface area contributed by atoms with E-state index in [2.05, 4.69) is 21.6 Å². The van der Waals surface area contributed by atoms with Crippen molar-refractivity contribution in [3.63, 3.8) is 0 Å². The number of rotatable bonds is 1. The largest absolute Gasteiger partial charge is 0.468 e. The third-order valence-corrected chi connectivity index (χ3v) is 1.78. The third kappa shape index (κ3) is 3.08. The third-order valence-electron chi connectivity index (χ3n) is 1.45. The van der Waals surface area contributed by atoms with Gasteiger partial charge in [0.1, 0.15) is 6.42 Å². The summed E-state index contributed by atoms with van der Waals surface area (Å²) in [4.78, 5) is 14.6. The average Bonchev–Trinajstić information content (AvgIpc) is 2.20. The number of carbonyl (C=O) groups is 1. The summed E-state index contributed by atoms with van der Waals surface area (Å²) in [5, 5.41) is 0.525. The van der Waals surface area contributed by atoms with Gasteiger partial charge in [-0.1, -0.05) is 23.4 Å². The highest BCUT2D eigenvalue weighted by Crippen LogP contribution is 2.11. The van der Waals surface area contributed by atoms with E-state index in [-0.39, 0.29) is 12.4 Å². The summed E-state index contributed by atoms with van der Waals surface area (Å²) in [5.74, 6) is 5.01. The first kappa shape index (κ1) is 10.6. The van der Waals surface area contributed by atoms with Crippen LogP contribution in [0.4, 0.5) is 0 Å². The second-order valence-electron chi connectivity index (χ2n) is 2.41. The molecule has 1 heterocycles. The summed E-state index contributed by atoms with van der Waals surface area (Å²) in [7, 11) is 1.32. The average molecular weight is 210 g/mol. The van der Waals surface area contributed by atoms with E-state index in [1.54, 1.807) is 18.5 Å². The number of carbonyl (C=O) groups excluding carboxylic acids is 1. The molecule has 0 radical (unpaired) electrons. The first-order valence-electron chi connectivity index (χ1n) is 3.89. The number of aromatic nitrogens is 1. The molecule has 0 N–H and O–H groups in total. The Kier molecular flexibility index (Phi) is 3.96. The molecule has 0 aliphatic heterocycles. The van der Waals surface area contributed by atoms with Gasteiger partial charge in [0, 0.05) is 12.4 Å². The molecule has 3 nitrogen and oxygen atoms in total. The fourth-order valence-corrected chi connectivity index (χ4v) is 0.906. The van der Waals surface area contributed by atoms with Crippen LogP contribution in [0.2, 0.25) is 5.02 Å². The van der Waals surface area contributed by atoms with Crippen LogP contribution in [0.15, 0.2) is 18.5 Å². The van der Waals surface area contributed by atoms with Crippen molar-refractivity contribution < 1.29 is 9.53 Å². The first-order chi connectivity index (χ1) is 6.74. The lowest BCUT2D eigenvalue weighted by molar-refractivity contribution is -0.139. The van der Waals surface area contributed by atoms with Crippen molar-refractivity contribution in [2.45, 2.75) is 6.42 Å². The minimum atomic E-state index is -0.363. The maximum absolute atomic E-state index is 10.7. The van der Waals surface area contributed by atoms with Gasteiger partial charge < -0.3 is 4.74 Å². The van der Waals surface area contributed by atoms with Gasteiger partial charge in [-0.25, -0.2) is 0 Å². The zero-order chi connectivity index (χ0) is 10.4. The van der Waals surface area contributed by atoms with Crippen LogP contribution in [0.1, 0.15) is 12.0 Å². The van der Waals surface area contributed by atoms with E-state index < -0.39 is 0 Å². The van der Waals surface area contributed by atoms with E-state index in [1.807, 2.05) is 0 Å². The second-order valence-corrected chi connectivity index (χ2v) is 2.82. The Balaban J connectivity index is 2.68. The van der Waals surface area contributed by atoms with E-state index in [0.717, 1.165) is 0 Å². The van der Waals surface area contributed by atoms with Crippen LogP contribution in [0.25, 0.3) is 0 Å². The number of nitrogens with zero attached hydrogens (tertiary/aromatic N) is 1. The fourth-order valence-electron chi connectivity index (χ4n) is 0.753. The smallest absolute Gasteiger partial charge is 0.317 e. The van der Waals surface area contributed by atoms with Crippen LogP contribution in [0, 0.1) is 11.8 Å². The van der Waals surface area contributed by atoms with Crippen LogP contribution in [0.3, 0.4) is 0 Å². The van der Waals surface area contributed by atoms with Crippen molar-refractivity contribution in [1.82, 2.24) is 4.98 Å². The predicted octanol–water partition coefficient (Wildman–Crippen LogP) is 1.65. The number of methoxy groups -OCH3 is 1. The maximum atomic E-state index is 10.7. The molecular weight excluding hydrogens is 202 g/mol. The van der Waals surface area contributed by atoms with Gasteiger partial charge in [0.2, 0.25) is 0 Å². The van der Waals surface area contributed by atoms with Crippen LogP contribution in [-0.2, 0) is 9.53 Å². The molecule has 4 heteroatoms. The molecule has 1 aromatic heterocycles. The topological polar surface area (TPSA) is 39.2 Å². The number of pyridine rings is 1. The lowest BCUT2D eigenvalue weighted by Crippen LogP contribution is -1.97. The SMILES string of the molecule is COC(=O)CC#Cc1cnccc1Cl. The van der Waals surface area contributed by atoms with Crippen molar-refractivity contribution >= 4 is 17.6 Å². The highest BCUT2D eigenvalue weighted by atomic mass is 35.5. The Bertz CT molecular complexity index is 393. The Morgan fingerprint density at radius 2 is 2.50 bits per heavy atom. The van der Waals surface area contributed by atoms with Gasteiger partial charge in [-0.2, -0.15) is 0 Å². The van der Waals surface area contributed by atoms with Crippen LogP contribution >= 0.6 is 11.6 Å². The molecule has 0 unspecified atom stereocenters. The van der Waals surface area contributed by atoms with Gasteiger partial charge in [-0.05, 0) is 6.07 Å². The Labute approximate surface area is 87.1 Å². The lowest BCUT2D eigenvalue weighted by atomic mass is 10.3. The summed E-state index contributed by atoms with van der Waals surface area (Å²) in [6, 6.07) is 1.64. The standard InChI is InChI=1S/C10H8ClNO2/c1-14-10(13)4-2-3-8-7-12-6-5-9(8)11/h5-7H,4H2,1H3. The Hall–Kier alpha value is -1.53. The number of hydrogen-bond donors (Lipinski definition) is 0. The summed E-state index contributed by atoms with van der Waals surface area (Å²) < 4.78 is 4.43. The normalized spacial score (nSPS) is 8.71. The van der Waals surface area contributed by atoms with E-state index >= 15 is 0 Å². The molecule has 0 aliphatic carbocycles. The molecule has 0 amide bonds. The summed E-state index contributed by atoms with van der Waals surface area (Å²) in [5.41, 5.74) is 0.609. The number of halogens is 1. The van der Waals surface area contributed by atoms with E-state index in [0.29, 0.717) is 10.6 Å². The molecule has 0 fully saturated rings. The molecule has 0 atom stereocenters. The minimum absolute atomic E-state index is 0.0573. The molecule has 1 rings (SSSR count). The highest BCUT2D eigenvalue weighted by Gasteiger charge is 1.96. The van der Waals surface area contributed by atoms with Crippen molar-refractivity contribution in [2.75, 3.05) is 7.11 Å². The number of esters is 1. The van der Waals surface area contributed by atoms with Gasteiger partial charge >= 0.3 is 5.97 Å². The van der Waals surface area contributed by atoms with Crippen molar-refractivity contribution in [3.8, 4) is 11.8 Å². The van der Waals surface area contributed by atoms with E-state index in [9.17, 15) is 4.79 Å². The van der Waals surface area contributed by atoms with Crippen LogP contribution in [0.5, 0.6) is 0 Å².